The zero-order valence-electron chi connectivity index (χ0n) is 14.4. The van der Waals surface area contributed by atoms with E-state index in [4.69, 9.17) is 0 Å². The molecule has 1 heterocycles. The highest BCUT2D eigenvalue weighted by molar-refractivity contribution is 7.90. The van der Waals surface area contributed by atoms with E-state index >= 15 is 0 Å². The van der Waals surface area contributed by atoms with Gasteiger partial charge in [0.2, 0.25) is 5.91 Å². The summed E-state index contributed by atoms with van der Waals surface area (Å²) in [7, 11) is -3.52. The molecule has 0 bridgehead atoms. The van der Waals surface area contributed by atoms with Gasteiger partial charge in [0.05, 0.1) is 15.9 Å². The van der Waals surface area contributed by atoms with E-state index in [1.807, 2.05) is 0 Å². The number of nitrogens with zero attached hydrogens (tertiary/aromatic N) is 1. The first-order valence-electron chi connectivity index (χ1n) is 8.02. The fraction of sp³-hybridized carbons (Fsp3) is 0.533. The number of benzene rings is 1. The molecule has 1 fully saturated rings. The second-order valence-electron chi connectivity index (χ2n) is 5.93. The van der Waals surface area contributed by atoms with E-state index < -0.39 is 14.8 Å². The quantitative estimate of drug-likeness (QED) is 0.351. The second-order valence-corrected chi connectivity index (χ2v) is 7.94. The van der Waals surface area contributed by atoms with Crippen LogP contribution in [0, 0.1) is 10.1 Å². The van der Waals surface area contributed by atoms with E-state index in [2.05, 4.69) is 16.0 Å². The van der Waals surface area contributed by atoms with Crippen LogP contribution in [0.4, 0.5) is 11.4 Å². The lowest BCUT2D eigenvalue weighted by atomic mass is 10.0. The van der Waals surface area contributed by atoms with E-state index in [0.29, 0.717) is 6.54 Å². The van der Waals surface area contributed by atoms with Gasteiger partial charge in [0, 0.05) is 25.4 Å². The second kappa shape index (κ2) is 9.70. The molecule has 0 aliphatic carbocycles. The van der Waals surface area contributed by atoms with Crippen molar-refractivity contribution in [3.05, 3.63) is 28.3 Å². The van der Waals surface area contributed by atoms with Crippen LogP contribution in [-0.2, 0) is 14.6 Å². The summed E-state index contributed by atoms with van der Waals surface area (Å²) in [5, 5.41) is 19.9. The predicted octanol–water partition coefficient (Wildman–Crippen LogP) is 1.09. The molecule has 1 aliphatic heterocycles. The number of sulfone groups is 1. The Hall–Kier alpha value is -1.91. The number of anilines is 1. The van der Waals surface area contributed by atoms with Crippen molar-refractivity contribution in [1.82, 2.24) is 10.6 Å². The van der Waals surface area contributed by atoms with Crippen LogP contribution in [-0.4, -0.2) is 51.2 Å². The van der Waals surface area contributed by atoms with Crippen LogP contribution in [0.1, 0.15) is 19.3 Å². The molecule has 11 heteroatoms. The molecule has 9 nitrogen and oxygen atoms in total. The van der Waals surface area contributed by atoms with Crippen molar-refractivity contribution in [1.29, 1.82) is 0 Å². The van der Waals surface area contributed by atoms with Gasteiger partial charge in [-0.1, -0.05) is 6.42 Å². The van der Waals surface area contributed by atoms with Crippen molar-refractivity contribution in [2.45, 2.75) is 30.2 Å². The van der Waals surface area contributed by atoms with Gasteiger partial charge in [-0.2, -0.15) is 0 Å². The van der Waals surface area contributed by atoms with Crippen LogP contribution in [0.5, 0.6) is 0 Å². The number of carbonyl (C=O) groups is 1. The molecule has 26 heavy (non-hydrogen) atoms. The maximum absolute atomic E-state index is 12.0. The molecule has 0 radical (unpaired) electrons. The number of piperidine rings is 1. The van der Waals surface area contributed by atoms with Crippen molar-refractivity contribution in [3.63, 3.8) is 0 Å². The molecule has 0 saturated carbocycles. The van der Waals surface area contributed by atoms with E-state index in [1.54, 1.807) is 0 Å². The van der Waals surface area contributed by atoms with E-state index in [9.17, 15) is 23.3 Å². The Balaban J connectivity index is 0.00000338. The lowest BCUT2D eigenvalue weighted by Gasteiger charge is -2.22. The summed E-state index contributed by atoms with van der Waals surface area (Å²) in [4.78, 5) is 22.4. The molecule has 0 aromatic heterocycles. The fourth-order valence-electron chi connectivity index (χ4n) is 2.62. The van der Waals surface area contributed by atoms with E-state index in [1.165, 1.54) is 12.1 Å². The predicted molar refractivity (Wildman–Crippen MR) is 101 cm³/mol. The van der Waals surface area contributed by atoms with Gasteiger partial charge in [0.25, 0.3) is 5.69 Å². The highest BCUT2D eigenvalue weighted by atomic mass is 35.5. The van der Waals surface area contributed by atoms with Crippen LogP contribution < -0.4 is 16.0 Å². The number of carbonyl (C=O) groups excluding carboxylic acids is 1. The number of amides is 1. The third-order valence-electron chi connectivity index (χ3n) is 3.96. The van der Waals surface area contributed by atoms with Crippen molar-refractivity contribution in [3.8, 4) is 0 Å². The van der Waals surface area contributed by atoms with Gasteiger partial charge >= 0.3 is 0 Å². The molecule has 1 amide bonds. The number of rotatable bonds is 7. The summed E-state index contributed by atoms with van der Waals surface area (Å²) in [6.07, 6.45) is 3.88. The topological polar surface area (TPSA) is 130 Å². The number of nitro groups is 1. The van der Waals surface area contributed by atoms with Crippen LogP contribution in [0.2, 0.25) is 0 Å². The molecular weight excluding hydrogens is 384 g/mol. The molecule has 2 rings (SSSR count). The lowest BCUT2D eigenvalue weighted by molar-refractivity contribution is -0.384. The van der Waals surface area contributed by atoms with Crippen molar-refractivity contribution in [2.75, 3.05) is 31.2 Å². The zero-order valence-corrected chi connectivity index (χ0v) is 16.0. The smallest absolute Gasteiger partial charge is 0.293 e. The number of hydrogen-bond acceptors (Lipinski definition) is 7. The lowest BCUT2D eigenvalue weighted by Crippen LogP contribution is -2.47. The van der Waals surface area contributed by atoms with Crippen molar-refractivity contribution >= 4 is 39.5 Å². The Morgan fingerprint density at radius 1 is 1.35 bits per heavy atom. The molecule has 0 spiro atoms. The Morgan fingerprint density at radius 2 is 2.08 bits per heavy atom. The van der Waals surface area contributed by atoms with Gasteiger partial charge in [-0.3, -0.25) is 14.9 Å². The molecule has 1 aliphatic rings. The molecule has 1 aromatic rings. The van der Waals surface area contributed by atoms with Gasteiger partial charge in [-0.05, 0) is 31.5 Å². The highest BCUT2D eigenvalue weighted by Gasteiger charge is 2.20. The SMILES string of the molecule is CS(=O)(=O)c1ccc(NCCNC(=O)C2CCCCN2)c([N+](=O)[O-])c1.Cl. The number of halogens is 1. The van der Waals surface area contributed by atoms with Gasteiger partial charge in [0.15, 0.2) is 9.84 Å². The minimum atomic E-state index is -3.52. The molecule has 146 valence electrons. The Morgan fingerprint density at radius 3 is 2.65 bits per heavy atom. The summed E-state index contributed by atoms with van der Waals surface area (Å²) in [6, 6.07) is 3.52. The van der Waals surface area contributed by atoms with Gasteiger partial charge in [-0.15, -0.1) is 12.4 Å². The van der Waals surface area contributed by atoms with Gasteiger partial charge in [0.1, 0.15) is 5.69 Å². The Kier molecular flexibility index (Phi) is 8.25. The molecular formula is C15H23ClN4O5S. The van der Waals surface area contributed by atoms with Gasteiger partial charge in [-0.25, -0.2) is 8.42 Å². The molecule has 3 N–H and O–H groups in total. The standard InChI is InChI=1S/C15H22N4O5S.ClH/c1-25(23,24)11-5-6-12(14(10-11)19(21)22)17-8-9-18-15(20)13-4-2-3-7-16-13;/h5-6,10,13,16-17H,2-4,7-9H2,1H3,(H,18,20);1H. The molecule has 1 aromatic carbocycles. The van der Waals surface area contributed by atoms with Crippen LogP contribution in [0.15, 0.2) is 23.1 Å². The molecule has 1 unspecified atom stereocenters. The minimum absolute atomic E-state index is 0. The average molecular weight is 407 g/mol. The zero-order chi connectivity index (χ0) is 18.4. The summed E-state index contributed by atoms with van der Waals surface area (Å²) < 4.78 is 23.0. The van der Waals surface area contributed by atoms with Gasteiger partial charge < -0.3 is 16.0 Å². The third-order valence-corrected chi connectivity index (χ3v) is 5.07. The summed E-state index contributed by atoms with van der Waals surface area (Å²) in [6.45, 7) is 1.43. The summed E-state index contributed by atoms with van der Waals surface area (Å²) >= 11 is 0. The van der Waals surface area contributed by atoms with Crippen LogP contribution >= 0.6 is 12.4 Å². The Labute approximate surface area is 158 Å². The average Bonchev–Trinajstić information content (AvgIpc) is 2.58. The summed E-state index contributed by atoms with van der Waals surface area (Å²) in [5.74, 6) is -0.0802. The van der Waals surface area contributed by atoms with Crippen molar-refractivity contribution < 1.29 is 18.1 Å². The maximum Gasteiger partial charge on any atom is 0.293 e. The number of nitro benzene ring substituents is 1. The molecule has 1 saturated heterocycles. The van der Waals surface area contributed by atoms with Crippen LogP contribution in [0.25, 0.3) is 0 Å². The maximum atomic E-state index is 12.0. The first kappa shape index (κ1) is 22.1. The largest absolute Gasteiger partial charge is 0.378 e. The Bertz CT molecular complexity index is 750. The number of hydrogen-bond donors (Lipinski definition) is 3. The molecule has 1 atom stereocenters. The van der Waals surface area contributed by atoms with E-state index in [0.717, 1.165) is 38.1 Å². The normalized spacial score (nSPS) is 17.0. The third kappa shape index (κ3) is 6.11. The van der Waals surface area contributed by atoms with Crippen molar-refractivity contribution in [2.24, 2.45) is 0 Å². The first-order chi connectivity index (χ1) is 11.8. The minimum Gasteiger partial charge on any atom is -0.378 e. The highest BCUT2D eigenvalue weighted by Crippen LogP contribution is 2.27. The first-order valence-corrected chi connectivity index (χ1v) is 9.91. The number of nitrogens with one attached hydrogen (secondary N) is 3. The monoisotopic (exact) mass is 406 g/mol. The summed E-state index contributed by atoms with van der Waals surface area (Å²) in [5.41, 5.74) is -0.106. The van der Waals surface area contributed by atoms with E-state index in [-0.39, 0.29) is 47.2 Å². The van der Waals surface area contributed by atoms with Crippen LogP contribution in [0.3, 0.4) is 0 Å². The fourth-order valence-corrected chi connectivity index (χ4v) is 3.27.